The Morgan fingerprint density at radius 3 is 3.00 bits per heavy atom. The van der Waals surface area contributed by atoms with Gasteiger partial charge in [0.25, 0.3) is 0 Å². The van der Waals surface area contributed by atoms with Gasteiger partial charge in [-0.2, -0.15) is 0 Å². The molecular formula is C10H11N3O3. The Morgan fingerprint density at radius 2 is 2.38 bits per heavy atom. The fourth-order valence-electron chi connectivity index (χ4n) is 1.19. The van der Waals surface area contributed by atoms with Gasteiger partial charge in [0.15, 0.2) is 0 Å². The predicted octanol–water partition coefficient (Wildman–Crippen LogP) is 2.44. The van der Waals surface area contributed by atoms with Crippen LogP contribution in [0.5, 0.6) is 5.75 Å². The van der Waals surface area contributed by atoms with Crippen molar-refractivity contribution >= 4 is 11.7 Å². The van der Waals surface area contributed by atoms with Crippen LogP contribution in [0.25, 0.3) is 10.4 Å². The summed E-state index contributed by atoms with van der Waals surface area (Å²) in [7, 11) is 0. The lowest BCUT2D eigenvalue weighted by atomic mass is 10.1. The molecule has 0 heterocycles. The van der Waals surface area contributed by atoms with Crippen LogP contribution >= 0.6 is 0 Å². The van der Waals surface area contributed by atoms with Gasteiger partial charge in [0, 0.05) is 4.91 Å². The summed E-state index contributed by atoms with van der Waals surface area (Å²) in [6, 6.07) is 4.40. The molecule has 1 aromatic carbocycles. The molecule has 16 heavy (non-hydrogen) atoms. The van der Waals surface area contributed by atoms with Gasteiger partial charge in [-0.25, -0.2) is 0 Å². The lowest BCUT2D eigenvalue weighted by Gasteiger charge is -2.04. The van der Waals surface area contributed by atoms with E-state index in [-0.39, 0.29) is 23.8 Å². The van der Waals surface area contributed by atoms with Crippen LogP contribution in [0.4, 0.5) is 5.69 Å². The molecule has 0 bridgehead atoms. The maximum absolute atomic E-state index is 11.2. The zero-order valence-corrected chi connectivity index (χ0v) is 8.75. The van der Waals surface area contributed by atoms with Crippen molar-refractivity contribution in [2.45, 2.75) is 13.3 Å². The number of azide groups is 1. The van der Waals surface area contributed by atoms with Gasteiger partial charge in [-0.1, -0.05) is 11.2 Å². The zero-order chi connectivity index (χ0) is 12.0. The summed E-state index contributed by atoms with van der Waals surface area (Å²) < 4.78 is 4.77. The van der Waals surface area contributed by atoms with Gasteiger partial charge in [0.05, 0.1) is 18.7 Å². The van der Waals surface area contributed by atoms with Crippen molar-refractivity contribution < 1.29 is 14.6 Å². The fraction of sp³-hybridized carbons (Fsp3) is 0.300. The second-order valence-corrected chi connectivity index (χ2v) is 2.99. The number of nitrogens with zero attached hydrogens (tertiary/aromatic N) is 3. The molecule has 0 radical (unpaired) electrons. The number of ether oxygens (including phenoxy) is 1. The van der Waals surface area contributed by atoms with Crippen LogP contribution in [0.2, 0.25) is 0 Å². The van der Waals surface area contributed by atoms with Crippen LogP contribution in [-0.4, -0.2) is 17.7 Å². The summed E-state index contributed by atoms with van der Waals surface area (Å²) in [5, 5.41) is 12.6. The number of hydrogen-bond donors (Lipinski definition) is 1. The normalized spacial score (nSPS) is 9.31. The third kappa shape index (κ3) is 3.18. The number of hydrogen-bond acceptors (Lipinski definition) is 4. The second kappa shape index (κ2) is 5.63. The molecule has 0 fully saturated rings. The summed E-state index contributed by atoms with van der Waals surface area (Å²) in [6.45, 7) is 2.04. The summed E-state index contributed by atoms with van der Waals surface area (Å²) in [4.78, 5) is 13.8. The Labute approximate surface area is 92.1 Å². The molecule has 0 saturated carbocycles. The monoisotopic (exact) mass is 221 g/mol. The molecule has 1 aromatic rings. The third-order valence-electron chi connectivity index (χ3n) is 1.85. The molecule has 0 atom stereocenters. The smallest absolute Gasteiger partial charge is 0.310 e. The standard InChI is InChI=1S/C10H11N3O3/c1-2-16-10(15)6-7-3-4-9(14)8(5-7)12-13-11/h3-5,14H,2,6H2,1H3. The largest absolute Gasteiger partial charge is 0.507 e. The minimum absolute atomic E-state index is 0.0854. The van der Waals surface area contributed by atoms with E-state index in [1.54, 1.807) is 13.0 Å². The lowest BCUT2D eigenvalue weighted by Crippen LogP contribution is -2.07. The van der Waals surface area contributed by atoms with E-state index in [1.807, 2.05) is 0 Å². The Hall–Kier alpha value is -2.20. The van der Waals surface area contributed by atoms with Crippen molar-refractivity contribution in [3.63, 3.8) is 0 Å². The molecule has 1 rings (SSSR count). The van der Waals surface area contributed by atoms with Gasteiger partial charge >= 0.3 is 5.97 Å². The maximum atomic E-state index is 11.2. The van der Waals surface area contributed by atoms with Crippen LogP contribution in [0.1, 0.15) is 12.5 Å². The highest BCUT2D eigenvalue weighted by Crippen LogP contribution is 2.27. The molecule has 0 aromatic heterocycles. The van der Waals surface area contributed by atoms with Gasteiger partial charge in [0.1, 0.15) is 5.75 Å². The molecular weight excluding hydrogens is 210 g/mol. The molecule has 0 unspecified atom stereocenters. The molecule has 0 spiro atoms. The van der Waals surface area contributed by atoms with Gasteiger partial charge in [-0.15, -0.1) is 0 Å². The molecule has 84 valence electrons. The number of carbonyl (C=O) groups excluding carboxylic acids is 1. The van der Waals surface area contributed by atoms with Crippen LogP contribution in [0.3, 0.4) is 0 Å². The lowest BCUT2D eigenvalue weighted by molar-refractivity contribution is -0.142. The predicted molar refractivity (Wildman–Crippen MR) is 57.2 cm³/mol. The van der Waals surface area contributed by atoms with E-state index in [0.29, 0.717) is 12.2 Å². The average molecular weight is 221 g/mol. The van der Waals surface area contributed by atoms with E-state index in [2.05, 4.69) is 10.0 Å². The Morgan fingerprint density at radius 1 is 1.62 bits per heavy atom. The summed E-state index contributed by atoms with van der Waals surface area (Å²) in [5.74, 6) is -0.481. The van der Waals surface area contributed by atoms with E-state index in [9.17, 15) is 9.90 Å². The molecule has 6 nitrogen and oxygen atoms in total. The minimum atomic E-state index is -0.361. The van der Waals surface area contributed by atoms with E-state index in [1.165, 1.54) is 12.1 Å². The number of phenolic OH excluding ortho intramolecular Hbond substituents is 1. The number of benzene rings is 1. The number of esters is 1. The summed E-state index contributed by atoms with van der Waals surface area (Å²) in [5.41, 5.74) is 8.98. The van der Waals surface area contributed by atoms with Crippen molar-refractivity contribution in [3.8, 4) is 5.75 Å². The van der Waals surface area contributed by atoms with Gasteiger partial charge in [-0.3, -0.25) is 4.79 Å². The van der Waals surface area contributed by atoms with Crippen LogP contribution in [0, 0.1) is 0 Å². The van der Waals surface area contributed by atoms with Crippen molar-refractivity contribution in [1.29, 1.82) is 0 Å². The quantitative estimate of drug-likeness (QED) is 0.366. The van der Waals surface area contributed by atoms with Crippen LogP contribution < -0.4 is 0 Å². The van der Waals surface area contributed by atoms with Gasteiger partial charge < -0.3 is 9.84 Å². The first-order chi connectivity index (χ1) is 7.67. The molecule has 0 aliphatic carbocycles. The van der Waals surface area contributed by atoms with E-state index in [0.717, 1.165) is 0 Å². The maximum Gasteiger partial charge on any atom is 0.310 e. The topological polar surface area (TPSA) is 95.3 Å². The molecule has 0 amide bonds. The molecule has 0 saturated heterocycles. The Bertz CT molecular complexity index is 439. The minimum Gasteiger partial charge on any atom is -0.507 e. The molecule has 0 aliphatic rings. The van der Waals surface area contributed by atoms with E-state index < -0.39 is 0 Å². The van der Waals surface area contributed by atoms with Gasteiger partial charge in [0.2, 0.25) is 0 Å². The van der Waals surface area contributed by atoms with Gasteiger partial charge in [-0.05, 0) is 30.2 Å². The van der Waals surface area contributed by atoms with Crippen molar-refractivity contribution in [2.75, 3.05) is 6.61 Å². The SMILES string of the molecule is CCOC(=O)Cc1ccc(O)c(N=[N+]=[N-])c1. The number of phenols is 1. The first-order valence-electron chi connectivity index (χ1n) is 4.70. The highest BCUT2D eigenvalue weighted by Gasteiger charge is 2.06. The van der Waals surface area contributed by atoms with Crippen LogP contribution in [-0.2, 0) is 16.0 Å². The summed E-state index contributed by atoms with van der Waals surface area (Å²) in [6.07, 6.45) is 0.0854. The fourth-order valence-corrected chi connectivity index (χ4v) is 1.19. The van der Waals surface area contributed by atoms with E-state index in [4.69, 9.17) is 10.3 Å². The van der Waals surface area contributed by atoms with Crippen molar-refractivity contribution in [3.05, 3.63) is 34.2 Å². The van der Waals surface area contributed by atoms with E-state index >= 15 is 0 Å². The number of rotatable bonds is 4. The average Bonchev–Trinajstić information content (AvgIpc) is 2.24. The first-order valence-corrected chi connectivity index (χ1v) is 4.70. The Kier molecular flexibility index (Phi) is 4.17. The number of carbonyl (C=O) groups is 1. The number of aromatic hydroxyl groups is 1. The van der Waals surface area contributed by atoms with Crippen LogP contribution in [0.15, 0.2) is 23.3 Å². The highest BCUT2D eigenvalue weighted by molar-refractivity contribution is 5.73. The highest BCUT2D eigenvalue weighted by atomic mass is 16.5. The zero-order valence-electron chi connectivity index (χ0n) is 8.75. The summed E-state index contributed by atoms with van der Waals surface area (Å²) >= 11 is 0. The third-order valence-corrected chi connectivity index (χ3v) is 1.85. The Balaban J connectivity index is 2.86. The first kappa shape index (κ1) is 11.9. The molecule has 6 heteroatoms. The molecule has 1 N–H and O–H groups in total. The second-order valence-electron chi connectivity index (χ2n) is 2.99. The van der Waals surface area contributed by atoms with Crippen molar-refractivity contribution in [2.24, 2.45) is 5.11 Å². The van der Waals surface area contributed by atoms with Crippen molar-refractivity contribution in [1.82, 2.24) is 0 Å². The molecule has 0 aliphatic heterocycles.